The van der Waals surface area contributed by atoms with Crippen LogP contribution in [0, 0.1) is 0 Å². The Balaban J connectivity index is 2.87. The summed E-state index contributed by atoms with van der Waals surface area (Å²) in [5.74, 6) is 0.224. The first-order valence-corrected chi connectivity index (χ1v) is 8.40. The number of nitrogens with two attached hydrogens (primary N) is 1. The van der Waals surface area contributed by atoms with Crippen molar-refractivity contribution in [2.24, 2.45) is 5.73 Å². The lowest BCUT2D eigenvalue weighted by Gasteiger charge is -2.21. The average molecular weight is 284 g/mol. The van der Waals surface area contributed by atoms with Gasteiger partial charge in [-0.3, -0.25) is 0 Å². The maximum atomic E-state index is 12.2. The molecule has 2 N–H and O–H groups in total. The molecule has 0 atom stereocenters. The second kappa shape index (κ2) is 7.62. The Hall–Kier alpha value is -0.910. The Bertz CT molecular complexity index is 486. The molecule has 0 aromatic heterocycles. The molecule has 0 aliphatic heterocycles. The van der Waals surface area contributed by atoms with Gasteiger partial charge in [0.1, 0.15) is 0 Å². The van der Waals surface area contributed by atoms with Crippen LogP contribution in [0.2, 0.25) is 0 Å². The summed E-state index contributed by atoms with van der Waals surface area (Å²) in [4.78, 5) is 0. The summed E-state index contributed by atoms with van der Waals surface area (Å²) in [7, 11) is -3.17. The lowest BCUT2D eigenvalue weighted by molar-refractivity contribution is 0.421. The zero-order valence-corrected chi connectivity index (χ0v) is 12.6. The van der Waals surface area contributed by atoms with Crippen molar-refractivity contribution in [2.75, 3.05) is 12.3 Å². The molecule has 108 valence electrons. The summed E-state index contributed by atoms with van der Waals surface area (Å²) in [5.41, 5.74) is 7.69. The second-order valence-electron chi connectivity index (χ2n) is 4.57. The van der Waals surface area contributed by atoms with E-state index in [9.17, 15) is 8.42 Å². The maximum Gasteiger partial charge on any atom is 0.214 e. The van der Waals surface area contributed by atoms with Crippen LogP contribution in [0.15, 0.2) is 24.3 Å². The molecule has 19 heavy (non-hydrogen) atoms. The molecule has 1 rings (SSSR count). The molecule has 4 nitrogen and oxygen atoms in total. The first-order chi connectivity index (χ1) is 9.05. The van der Waals surface area contributed by atoms with Crippen molar-refractivity contribution < 1.29 is 8.42 Å². The maximum absolute atomic E-state index is 12.2. The molecule has 0 amide bonds. The predicted octanol–water partition coefficient (Wildman–Crippen LogP) is 2.10. The van der Waals surface area contributed by atoms with Crippen molar-refractivity contribution in [3.8, 4) is 0 Å². The van der Waals surface area contributed by atoms with Crippen molar-refractivity contribution >= 4 is 10.0 Å². The van der Waals surface area contributed by atoms with Gasteiger partial charge in [0.05, 0.1) is 5.75 Å². The summed E-state index contributed by atoms with van der Waals surface area (Å²) in [6, 6.07) is 7.73. The fourth-order valence-corrected chi connectivity index (χ4v) is 3.60. The minimum atomic E-state index is -3.17. The summed E-state index contributed by atoms with van der Waals surface area (Å²) < 4.78 is 26.0. The quantitative estimate of drug-likeness (QED) is 0.795. The lowest BCUT2D eigenvalue weighted by atomic mass is 10.1. The van der Waals surface area contributed by atoms with Crippen molar-refractivity contribution in [1.82, 2.24) is 4.31 Å². The zero-order chi connectivity index (χ0) is 14.3. The van der Waals surface area contributed by atoms with Crippen LogP contribution in [0.3, 0.4) is 0 Å². The van der Waals surface area contributed by atoms with Crippen molar-refractivity contribution in [1.29, 1.82) is 0 Å². The largest absolute Gasteiger partial charge is 0.326 e. The minimum absolute atomic E-state index is 0.224. The summed E-state index contributed by atoms with van der Waals surface area (Å²) in [6.07, 6.45) is 1.59. The van der Waals surface area contributed by atoms with Gasteiger partial charge in [0.15, 0.2) is 0 Å². The Labute approximate surface area is 116 Å². The van der Waals surface area contributed by atoms with Gasteiger partial charge in [-0.25, -0.2) is 8.42 Å². The van der Waals surface area contributed by atoms with Crippen LogP contribution in [0.25, 0.3) is 0 Å². The van der Waals surface area contributed by atoms with Crippen LogP contribution in [-0.4, -0.2) is 25.0 Å². The van der Waals surface area contributed by atoms with Crippen LogP contribution >= 0.6 is 0 Å². The molecule has 0 aliphatic carbocycles. The zero-order valence-electron chi connectivity index (χ0n) is 11.8. The van der Waals surface area contributed by atoms with Gasteiger partial charge in [-0.1, -0.05) is 44.5 Å². The molecule has 0 bridgehead atoms. The molecule has 0 radical (unpaired) electrons. The number of hydrogen-bond donors (Lipinski definition) is 1. The molecule has 0 spiro atoms. The molecular formula is C14H24N2O2S. The van der Waals surface area contributed by atoms with Gasteiger partial charge in [0.25, 0.3) is 0 Å². The standard InChI is InChI=1S/C14H24N2O2S/c1-3-5-10-19(17,18)16(4-2)12-14-9-7-6-8-13(14)11-15/h6-9H,3-5,10-12,15H2,1-2H3. The second-order valence-corrected chi connectivity index (χ2v) is 6.66. The summed E-state index contributed by atoms with van der Waals surface area (Å²) >= 11 is 0. The van der Waals surface area contributed by atoms with E-state index in [1.165, 1.54) is 4.31 Å². The molecule has 0 fully saturated rings. The van der Waals surface area contributed by atoms with Crippen molar-refractivity contribution in [2.45, 2.75) is 39.8 Å². The molecule has 5 heteroatoms. The van der Waals surface area contributed by atoms with Gasteiger partial charge in [-0.15, -0.1) is 0 Å². The molecular weight excluding hydrogens is 260 g/mol. The Morgan fingerprint density at radius 1 is 1.16 bits per heavy atom. The first-order valence-electron chi connectivity index (χ1n) is 6.79. The predicted molar refractivity (Wildman–Crippen MR) is 79.1 cm³/mol. The van der Waals surface area contributed by atoms with Gasteiger partial charge in [0.2, 0.25) is 10.0 Å². The third kappa shape index (κ3) is 4.60. The molecule has 0 saturated carbocycles. The van der Waals surface area contributed by atoms with Gasteiger partial charge >= 0.3 is 0 Å². The molecule has 1 aromatic carbocycles. The highest BCUT2D eigenvalue weighted by molar-refractivity contribution is 7.89. The van der Waals surface area contributed by atoms with E-state index >= 15 is 0 Å². The van der Waals surface area contributed by atoms with Gasteiger partial charge in [-0.05, 0) is 17.5 Å². The highest BCUT2D eigenvalue weighted by Gasteiger charge is 2.20. The van der Waals surface area contributed by atoms with E-state index in [1.54, 1.807) is 0 Å². The number of unbranched alkanes of at least 4 members (excludes halogenated alkanes) is 1. The topological polar surface area (TPSA) is 63.4 Å². The van der Waals surface area contributed by atoms with E-state index in [1.807, 2.05) is 38.1 Å². The average Bonchev–Trinajstić information content (AvgIpc) is 2.42. The van der Waals surface area contributed by atoms with Crippen LogP contribution in [0.5, 0.6) is 0 Å². The summed E-state index contributed by atoms with van der Waals surface area (Å²) in [5, 5.41) is 0. The summed E-state index contributed by atoms with van der Waals surface area (Å²) in [6.45, 7) is 5.20. The van der Waals surface area contributed by atoms with Crippen LogP contribution in [0.1, 0.15) is 37.8 Å². The third-order valence-corrected chi connectivity index (χ3v) is 5.17. The van der Waals surface area contributed by atoms with Crippen molar-refractivity contribution in [3.05, 3.63) is 35.4 Å². The van der Waals surface area contributed by atoms with E-state index < -0.39 is 10.0 Å². The van der Waals surface area contributed by atoms with Gasteiger partial charge in [-0.2, -0.15) is 4.31 Å². The van der Waals surface area contributed by atoms with E-state index in [4.69, 9.17) is 5.73 Å². The van der Waals surface area contributed by atoms with E-state index in [0.717, 1.165) is 17.5 Å². The van der Waals surface area contributed by atoms with Crippen LogP contribution in [-0.2, 0) is 23.1 Å². The smallest absolute Gasteiger partial charge is 0.214 e. The van der Waals surface area contributed by atoms with Gasteiger partial charge in [0, 0.05) is 19.6 Å². The number of benzene rings is 1. The number of nitrogens with zero attached hydrogens (tertiary/aromatic N) is 1. The molecule has 0 saturated heterocycles. The fourth-order valence-electron chi connectivity index (χ4n) is 1.96. The first kappa shape index (κ1) is 16.1. The Kier molecular flexibility index (Phi) is 6.48. The number of sulfonamides is 1. The lowest BCUT2D eigenvalue weighted by Crippen LogP contribution is -2.32. The van der Waals surface area contributed by atoms with Gasteiger partial charge < -0.3 is 5.73 Å². The van der Waals surface area contributed by atoms with Crippen LogP contribution in [0.4, 0.5) is 0 Å². The van der Waals surface area contributed by atoms with Crippen LogP contribution < -0.4 is 5.73 Å². The Morgan fingerprint density at radius 2 is 1.79 bits per heavy atom. The van der Waals surface area contributed by atoms with Crippen molar-refractivity contribution in [3.63, 3.8) is 0 Å². The molecule has 0 heterocycles. The highest BCUT2D eigenvalue weighted by Crippen LogP contribution is 2.15. The third-order valence-electron chi connectivity index (χ3n) is 3.19. The monoisotopic (exact) mass is 284 g/mol. The molecule has 0 unspecified atom stereocenters. The fraction of sp³-hybridized carbons (Fsp3) is 0.571. The number of hydrogen-bond acceptors (Lipinski definition) is 3. The SMILES string of the molecule is CCCCS(=O)(=O)N(CC)Cc1ccccc1CN. The highest BCUT2D eigenvalue weighted by atomic mass is 32.2. The van der Waals surface area contributed by atoms with E-state index in [0.29, 0.717) is 26.1 Å². The Morgan fingerprint density at radius 3 is 2.32 bits per heavy atom. The number of rotatable bonds is 8. The van der Waals surface area contributed by atoms with E-state index in [2.05, 4.69) is 0 Å². The molecule has 0 aliphatic rings. The molecule has 1 aromatic rings. The van der Waals surface area contributed by atoms with E-state index in [-0.39, 0.29) is 5.75 Å². The minimum Gasteiger partial charge on any atom is -0.326 e. The normalized spacial score (nSPS) is 12.0.